The summed E-state index contributed by atoms with van der Waals surface area (Å²) in [6.07, 6.45) is -16.5. The van der Waals surface area contributed by atoms with Gasteiger partial charge >= 0.3 is 5.97 Å². The van der Waals surface area contributed by atoms with Crippen molar-refractivity contribution in [2.24, 2.45) is 46.3 Å². The highest BCUT2D eigenvalue weighted by atomic mass is 16.8. The Morgan fingerprint density at radius 3 is 2.19 bits per heavy atom. The lowest BCUT2D eigenvalue weighted by Gasteiger charge is -2.60. The van der Waals surface area contributed by atoms with Crippen LogP contribution in [0.1, 0.15) is 92.9 Å². The highest BCUT2D eigenvalue weighted by Crippen LogP contribution is 2.70. The molecule has 4 aliphatic heterocycles. The molecule has 0 spiro atoms. The third kappa shape index (κ3) is 9.31. The van der Waals surface area contributed by atoms with Crippen LogP contribution in [0, 0.1) is 46.3 Å². The number of fused-ring (bicyclic) bond motifs is 7. The van der Waals surface area contributed by atoms with Crippen molar-refractivity contribution in [3.05, 3.63) is 11.6 Å². The van der Waals surface area contributed by atoms with Gasteiger partial charge in [-0.2, -0.15) is 0 Å². The summed E-state index contributed by atoms with van der Waals surface area (Å²) in [6.45, 7) is 10.3. The zero-order valence-corrected chi connectivity index (χ0v) is 39.3. The summed E-state index contributed by atoms with van der Waals surface area (Å²) in [4.78, 5) is 11.8. The van der Waals surface area contributed by atoms with Gasteiger partial charge in [-0.05, 0) is 80.5 Å². The second kappa shape index (κ2) is 19.8. The fourth-order valence-electron chi connectivity index (χ4n) is 13.8. The van der Waals surface area contributed by atoms with E-state index in [1.54, 1.807) is 0 Å². The molecule has 0 amide bonds. The number of allylic oxidation sites excluding steroid dienone is 1. The molecule has 0 radical (unpaired) electrons. The number of hydrogen-bond acceptors (Lipinski definition) is 20. The number of carbonyl (C=O) groups excluding carboxylic acids is 1. The average molecular weight is 961 g/mol. The lowest BCUT2D eigenvalue weighted by atomic mass is 9.46. The highest BCUT2D eigenvalue weighted by molar-refractivity contribution is 5.65. The summed E-state index contributed by atoms with van der Waals surface area (Å²) < 4.78 is 48.1. The molecule has 20 nitrogen and oxygen atoms in total. The number of rotatable bonds is 13. The molecule has 3 saturated carbocycles. The van der Waals surface area contributed by atoms with Crippen molar-refractivity contribution in [2.75, 3.05) is 19.8 Å². The molecule has 1 unspecified atom stereocenters. The number of aliphatic hydroxyl groups is 11. The summed E-state index contributed by atoms with van der Waals surface area (Å²) in [5, 5.41) is 118. The molecule has 11 N–H and O–H groups in total. The molecule has 4 saturated heterocycles. The number of carbonyl (C=O) groups is 1. The number of aliphatic hydroxyl groups excluding tert-OH is 10. The fraction of sp³-hybridized carbons (Fsp3) is 0.936. The predicted molar refractivity (Wildman–Crippen MR) is 228 cm³/mol. The Labute approximate surface area is 391 Å². The summed E-state index contributed by atoms with van der Waals surface area (Å²) >= 11 is 0. The summed E-state index contributed by atoms with van der Waals surface area (Å²) in [7, 11) is 0. The minimum absolute atomic E-state index is 0.0675. The van der Waals surface area contributed by atoms with Crippen molar-refractivity contribution in [1.29, 1.82) is 0 Å². The first kappa shape index (κ1) is 51.8. The molecule has 67 heavy (non-hydrogen) atoms. The zero-order valence-electron chi connectivity index (χ0n) is 39.3. The van der Waals surface area contributed by atoms with E-state index in [4.69, 9.17) is 37.9 Å². The lowest BCUT2D eigenvalue weighted by Crippen LogP contribution is -2.65. The van der Waals surface area contributed by atoms with Crippen molar-refractivity contribution < 1.29 is 98.9 Å². The maximum absolute atomic E-state index is 12.2. The third-order valence-electron chi connectivity index (χ3n) is 17.7. The van der Waals surface area contributed by atoms with Crippen LogP contribution in [-0.2, 0) is 42.7 Å². The van der Waals surface area contributed by atoms with Crippen molar-refractivity contribution >= 4 is 5.97 Å². The molecule has 20 heteroatoms. The van der Waals surface area contributed by atoms with Gasteiger partial charge in [-0.15, -0.1) is 0 Å². The second-order valence-corrected chi connectivity index (χ2v) is 21.7. The standard InChI is InChI=1S/C47H76O20/c1-19(17-61-42-39(57)37(55)34(52)29(16-48)63-42)9-12-47(59)20(2)32-28(67-47)15-27-25-8-7-23-13-24(50)14-31(46(23,6)26(25)10-11-45(27,32)5)65-44-41(38(56)35(53)30(64-44)18-60-22(4)49)66-43-40(58)36(54)33(51)21(3)62-43/h7,19-21,24-44,48,50-59H,8-18H2,1-6H3/t19-,20+,21+,24-,25-,26+,27+,28?,29-,30-,31-,32+,33+,34-,35-,36-,37+,38+,39-,40-,41-,42-,43+,44+,45+,46+,47-/m1/s1. The molecule has 0 aromatic carbocycles. The molecule has 8 aliphatic rings. The minimum atomic E-state index is -1.74. The second-order valence-electron chi connectivity index (χ2n) is 21.7. The van der Waals surface area contributed by atoms with Crippen molar-refractivity contribution in [3.8, 4) is 0 Å². The summed E-state index contributed by atoms with van der Waals surface area (Å²) in [6, 6.07) is 0. The van der Waals surface area contributed by atoms with E-state index in [-0.39, 0.29) is 60.1 Å². The Bertz CT molecular complexity index is 1750. The van der Waals surface area contributed by atoms with Crippen LogP contribution in [0.4, 0.5) is 0 Å². The Hall–Kier alpha value is -1.51. The van der Waals surface area contributed by atoms with Crippen molar-refractivity contribution in [2.45, 2.75) is 209 Å². The van der Waals surface area contributed by atoms with E-state index in [9.17, 15) is 61.0 Å². The van der Waals surface area contributed by atoms with Crippen LogP contribution < -0.4 is 0 Å². The van der Waals surface area contributed by atoms with Gasteiger partial charge in [0.25, 0.3) is 0 Å². The molecule has 4 heterocycles. The van der Waals surface area contributed by atoms with Crippen LogP contribution in [0.2, 0.25) is 0 Å². The zero-order chi connectivity index (χ0) is 48.7. The molecular formula is C47H76O20. The quantitative estimate of drug-likeness (QED) is 0.0756. The SMILES string of the molecule is CC(=O)OC[C@H]1O[C@@H](O[C@@H]2C[C@H](O)CC3=CC[C@H]4[C@@H]5CC6O[C@](O)(CC[C@@H](C)CO[C@@H]7O[C@H](CO)[C@@H](O)[C@H](O)[C@H]7O)[C@@H](C)[C@@H]6[C@@]5(C)CC[C@@H]4[C@]32C)[C@H](O[C@@H]2O[C@@H](C)[C@H](O)[C@@H](O)[C@H]2O)[C@@H](O)[C@@H]1O. The Morgan fingerprint density at radius 2 is 1.49 bits per heavy atom. The Kier molecular flexibility index (Phi) is 15.3. The Balaban J connectivity index is 0.966. The molecule has 384 valence electrons. The summed E-state index contributed by atoms with van der Waals surface area (Å²) in [5.41, 5.74) is 0.231. The van der Waals surface area contributed by atoms with Gasteiger partial charge in [0.1, 0.15) is 73.8 Å². The highest BCUT2D eigenvalue weighted by Gasteiger charge is 2.69. The van der Waals surface area contributed by atoms with E-state index in [1.807, 2.05) is 6.92 Å². The minimum Gasteiger partial charge on any atom is -0.463 e. The van der Waals surface area contributed by atoms with E-state index >= 15 is 0 Å². The first-order valence-electron chi connectivity index (χ1n) is 24.4. The third-order valence-corrected chi connectivity index (χ3v) is 17.7. The monoisotopic (exact) mass is 960 g/mol. The van der Waals surface area contributed by atoms with E-state index in [1.165, 1.54) is 13.8 Å². The van der Waals surface area contributed by atoms with Crippen LogP contribution >= 0.6 is 0 Å². The number of hydrogen-bond donors (Lipinski definition) is 11. The van der Waals surface area contributed by atoms with E-state index in [0.29, 0.717) is 19.3 Å². The topological polar surface area (TPSA) is 313 Å². The van der Waals surface area contributed by atoms with Gasteiger partial charge in [0, 0.05) is 31.1 Å². The van der Waals surface area contributed by atoms with Gasteiger partial charge in [0.15, 0.2) is 24.7 Å². The number of esters is 1. The van der Waals surface area contributed by atoms with Gasteiger partial charge in [-0.1, -0.05) is 39.3 Å². The molecule has 0 aromatic rings. The molecule has 4 aliphatic carbocycles. The molecular weight excluding hydrogens is 884 g/mol. The lowest BCUT2D eigenvalue weighted by molar-refractivity contribution is -0.374. The normalized spacial score (nSPS) is 53.4. The predicted octanol–water partition coefficient (Wildman–Crippen LogP) is -1.29. The van der Waals surface area contributed by atoms with Crippen LogP contribution in [-0.4, -0.2) is 198 Å². The fourth-order valence-corrected chi connectivity index (χ4v) is 13.8. The van der Waals surface area contributed by atoms with E-state index in [0.717, 1.165) is 31.3 Å². The van der Waals surface area contributed by atoms with Gasteiger partial charge in [-0.3, -0.25) is 4.79 Å². The molecule has 8 rings (SSSR count). The van der Waals surface area contributed by atoms with E-state index < -0.39 is 135 Å². The van der Waals surface area contributed by atoms with Gasteiger partial charge < -0.3 is 94.1 Å². The van der Waals surface area contributed by atoms with Gasteiger partial charge in [-0.25, -0.2) is 0 Å². The first-order valence-corrected chi connectivity index (χ1v) is 24.4. The van der Waals surface area contributed by atoms with Crippen LogP contribution in [0.25, 0.3) is 0 Å². The van der Waals surface area contributed by atoms with Crippen LogP contribution in [0.5, 0.6) is 0 Å². The average Bonchev–Trinajstić information content (AvgIpc) is 3.72. The van der Waals surface area contributed by atoms with Gasteiger partial charge in [0.05, 0.1) is 37.6 Å². The molecule has 7 fully saturated rings. The molecule has 0 aromatic heterocycles. The van der Waals surface area contributed by atoms with Gasteiger partial charge in [0.2, 0.25) is 0 Å². The maximum atomic E-state index is 12.2. The van der Waals surface area contributed by atoms with E-state index in [2.05, 4.69) is 26.8 Å². The van der Waals surface area contributed by atoms with Crippen LogP contribution in [0.15, 0.2) is 11.6 Å². The summed E-state index contributed by atoms with van der Waals surface area (Å²) in [5.74, 6) is -1.77. The molecule has 0 bridgehead atoms. The Morgan fingerprint density at radius 1 is 0.821 bits per heavy atom. The maximum Gasteiger partial charge on any atom is 0.302 e. The molecule has 27 atom stereocenters. The van der Waals surface area contributed by atoms with Crippen molar-refractivity contribution in [1.82, 2.24) is 0 Å². The largest absolute Gasteiger partial charge is 0.463 e. The first-order chi connectivity index (χ1) is 31.5. The smallest absolute Gasteiger partial charge is 0.302 e. The van der Waals surface area contributed by atoms with Crippen LogP contribution in [0.3, 0.4) is 0 Å². The number of ether oxygens (including phenoxy) is 8. The van der Waals surface area contributed by atoms with Crippen molar-refractivity contribution in [3.63, 3.8) is 0 Å².